The summed E-state index contributed by atoms with van der Waals surface area (Å²) < 4.78 is 13.3. The predicted molar refractivity (Wildman–Crippen MR) is 129 cm³/mol. The van der Waals surface area contributed by atoms with Crippen LogP contribution in [0.25, 0.3) is 11.3 Å². The van der Waals surface area contributed by atoms with Gasteiger partial charge < -0.3 is 10.6 Å². The molecule has 0 saturated carbocycles. The van der Waals surface area contributed by atoms with Crippen molar-refractivity contribution in [2.24, 2.45) is 0 Å². The molecule has 1 fully saturated rings. The third kappa shape index (κ3) is 4.56. The van der Waals surface area contributed by atoms with Gasteiger partial charge in [0.1, 0.15) is 17.9 Å². The number of carbonyl (C=O) groups excluding carboxylic acids is 3. The maximum absolute atomic E-state index is 13.3. The van der Waals surface area contributed by atoms with Crippen LogP contribution < -0.4 is 10.6 Å². The number of nitrogens with zero attached hydrogens (tertiary/aromatic N) is 2. The minimum atomic E-state index is -1.38. The van der Waals surface area contributed by atoms with Gasteiger partial charge in [0.25, 0.3) is 5.91 Å². The number of amides is 4. The predicted octanol–water partition coefficient (Wildman–Crippen LogP) is 4.62. The second kappa shape index (κ2) is 9.34. The quantitative estimate of drug-likeness (QED) is 0.483. The van der Waals surface area contributed by atoms with Crippen LogP contribution in [0.1, 0.15) is 36.3 Å². The molecule has 7 nitrogen and oxygen atoms in total. The van der Waals surface area contributed by atoms with Crippen LogP contribution in [0.3, 0.4) is 0 Å². The molecule has 4 amide bonds. The largest absolute Gasteiger partial charge is 0.325 e. The molecule has 0 bridgehead atoms. The monoisotopic (exact) mass is 480 g/mol. The maximum Gasteiger partial charge on any atom is 0.325 e. The smallest absolute Gasteiger partial charge is 0.319 e. The van der Waals surface area contributed by atoms with Gasteiger partial charge in [0, 0.05) is 10.4 Å². The van der Waals surface area contributed by atoms with Crippen molar-refractivity contribution in [3.8, 4) is 11.3 Å². The highest BCUT2D eigenvalue weighted by atomic mass is 32.1. The van der Waals surface area contributed by atoms with Crippen LogP contribution in [0.2, 0.25) is 0 Å². The molecule has 0 spiro atoms. The molecule has 4 rings (SSSR count). The lowest BCUT2D eigenvalue weighted by molar-refractivity contribution is -0.133. The normalized spacial score (nSPS) is 17.7. The number of carbonyl (C=O) groups is 3. The van der Waals surface area contributed by atoms with E-state index >= 15 is 0 Å². The van der Waals surface area contributed by atoms with E-state index in [1.807, 2.05) is 19.1 Å². The molecular formula is C25H25FN4O3S. The number of aromatic nitrogens is 1. The number of aryl methyl sites for hydroxylation is 2. The Morgan fingerprint density at radius 3 is 2.47 bits per heavy atom. The van der Waals surface area contributed by atoms with Crippen molar-refractivity contribution in [3.05, 3.63) is 70.4 Å². The van der Waals surface area contributed by atoms with E-state index in [2.05, 4.69) is 34.7 Å². The Kier molecular flexibility index (Phi) is 6.47. The molecule has 1 aliphatic rings. The third-order valence-electron chi connectivity index (χ3n) is 5.81. The second-order valence-electron chi connectivity index (χ2n) is 8.37. The van der Waals surface area contributed by atoms with Crippen molar-refractivity contribution in [2.45, 2.75) is 39.2 Å². The minimum Gasteiger partial charge on any atom is -0.319 e. The fourth-order valence-electron chi connectivity index (χ4n) is 3.96. The van der Waals surface area contributed by atoms with Crippen molar-refractivity contribution < 1.29 is 18.8 Å². The molecule has 1 aliphatic heterocycles. The molecule has 1 atom stereocenters. The highest BCUT2D eigenvalue weighted by molar-refractivity contribution is 7.16. The molecule has 0 unspecified atom stereocenters. The number of urea groups is 1. The molecule has 2 N–H and O–H groups in total. The number of halogens is 1. The van der Waals surface area contributed by atoms with Gasteiger partial charge in [0.2, 0.25) is 5.91 Å². The van der Waals surface area contributed by atoms with Gasteiger partial charge in [-0.15, -0.1) is 11.3 Å². The lowest BCUT2D eigenvalue weighted by Gasteiger charge is -2.22. The molecule has 1 aromatic heterocycles. The topological polar surface area (TPSA) is 91.4 Å². The minimum absolute atomic E-state index is 0.392. The van der Waals surface area contributed by atoms with Crippen molar-refractivity contribution in [2.75, 3.05) is 11.9 Å². The summed E-state index contributed by atoms with van der Waals surface area (Å²) in [6, 6.07) is 12.8. The van der Waals surface area contributed by atoms with Crippen LogP contribution in [-0.2, 0) is 21.5 Å². The summed E-state index contributed by atoms with van der Waals surface area (Å²) in [5.41, 5.74) is 2.05. The summed E-state index contributed by atoms with van der Waals surface area (Å²) in [6.45, 7) is 5.13. The molecule has 2 aromatic carbocycles. The van der Waals surface area contributed by atoms with E-state index in [1.54, 1.807) is 0 Å². The van der Waals surface area contributed by atoms with Gasteiger partial charge in [0.15, 0.2) is 5.13 Å². The molecule has 0 aliphatic carbocycles. The Hall–Kier alpha value is -3.59. The van der Waals surface area contributed by atoms with Gasteiger partial charge in [0.05, 0.1) is 5.69 Å². The van der Waals surface area contributed by atoms with Crippen molar-refractivity contribution >= 4 is 34.3 Å². The summed E-state index contributed by atoms with van der Waals surface area (Å²) in [4.78, 5) is 44.4. The SMILES string of the molecule is CCCc1ccc(-c2nc(NC(=O)CN3C(=O)N[C@@](C)(c4ccc(F)cc4)C3=O)sc2C)cc1. The number of imide groups is 1. The Balaban J connectivity index is 1.45. The Morgan fingerprint density at radius 2 is 1.82 bits per heavy atom. The first kappa shape index (κ1) is 23.6. The first-order valence-electron chi connectivity index (χ1n) is 11.0. The second-order valence-corrected chi connectivity index (χ2v) is 9.58. The van der Waals surface area contributed by atoms with Gasteiger partial charge in [-0.2, -0.15) is 0 Å². The average molecular weight is 481 g/mol. The average Bonchev–Trinajstić information content (AvgIpc) is 3.27. The fraction of sp³-hybridized carbons (Fsp3) is 0.280. The molecular weight excluding hydrogens is 455 g/mol. The van der Waals surface area contributed by atoms with Crippen molar-refractivity contribution in [3.63, 3.8) is 0 Å². The zero-order chi connectivity index (χ0) is 24.5. The van der Waals surface area contributed by atoms with Crippen LogP contribution in [0.15, 0.2) is 48.5 Å². The Morgan fingerprint density at radius 1 is 1.15 bits per heavy atom. The fourth-order valence-corrected chi connectivity index (χ4v) is 4.81. The number of rotatable bonds is 7. The van der Waals surface area contributed by atoms with Crippen LogP contribution in [0.5, 0.6) is 0 Å². The molecule has 34 heavy (non-hydrogen) atoms. The zero-order valence-electron chi connectivity index (χ0n) is 19.1. The maximum atomic E-state index is 13.3. The molecule has 1 saturated heterocycles. The lowest BCUT2D eigenvalue weighted by Crippen LogP contribution is -2.42. The van der Waals surface area contributed by atoms with Gasteiger partial charge in [-0.05, 0) is 43.5 Å². The van der Waals surface area contributed by atoms with E-state index in [0.717, 1.165) is 33.9 Å². The molecule has 176 valence electrons. The van der Waals surface area contributed by atoms with Crippen LogP contribution >= 0.6 is 11.3 Å². The van der Waals surface area contributed by atoms with E-state index in [1.165, 1.54) is 48.1 Å². The summed E-state index contributed by atoms with van der Waals surface area (Å²) >= 11 is 1.33. The number of nitrogens with one attached hydrogen (secondary N) is 2. The van der Waals surface area contributed by atoms with Gasteiger partial charge in [-0.25, -0.2) is 14.2 Å². The highest BCUT2D eigenvalue weighted by Crippen LogP contribution is 2.31. The first-order chi connectivity index (χ1) is 16.2. The Labute approximate surface area is 201 Å². The van der Waals surface area contributed by atoms with E-state index < -0.39 is 35.7 Å². The van der Waals surface area contributed by atoms with Crippen molar-refractivity contribution in [1.29, 1.82) is 0 Å². The summed E-state index contributed by atoms with van der Waals surface area (Å²) in [5, 5.41) is 5.69. The first-order valence-corrected chi connectivity index (χ1v) is 11.8. The molecule has 9 heteroatoms. The van der Waals surface area contributed by atoms with Gasteiger partial charge in [-0.1, -0.05) is 49.7 Å². The molecule has 2 heterocycles. The standard InChI is InChI=1S/C25H25FN4O3S/c1-4-5-16-6-8-17(9-7-16)21-15(2)34-23(28-21)27-20(31)14-30-22(32)25(3,29-24(30)33)18-10-12-19(26)13-11-18/h6-13H,4-5,14H2,1-3H3,(H,29,33)(H,27,28,31)/t25-/m0/s1. The summed E-state index contributed by atoms with van der Waals surface area (Å²) in [5.74, 6) is -1.57. The zero-order valence-corrected chi connectivity index (χ0v) is 20.0. The molecule has 0 radical (unpaired) electrons. The van der Waals surface area contributed by atoms with Crippen LogP contribution in [0, 0.1) is 12.7 Å². The summed E-state index contributed by atoms with van der Waals surface area (Å²) in [7, 11) is 0. The number of thiazole rings is 1. The number of anilines is 1. The van der Waals surface area contributed by atoms with Gasteiger partial charge >= 0.3 is 6.03 Å². The van der Waals surface area contributed by atoms with E-state index in [9.17, 15) is 18.8 Å². The van der Waals surface area contributed by atoms with Crippen LogP contribution in [0.4, 0.5) is 14.3 Å². The van der Waals surface area contributed by atoms with E-state index in [0.29, 0.717) is 10.7 Å². The van der Waals surface area contributed by atoms with Gasteiger partial charge in [-0.3, -0.25) is 14.5 Å². The van der Waals surface area contributed by atoms with Crippen LogP contribution in [-0.4, -0.2) is 34.3 Å². The number of benzene rings is 2. The van der Waals surface area contributed by atoms with E-state index in [-0.39, 0.29) is 0 Å². The van der Waals surface area contributed by atoms with E-state index in [4.69, 9.17) is 0 Å². The number of hydrogen-bond acceptors (Lipinski definition) is 5. The highest BCUT2D eigenvalue weighted by Gasteiger charge is 2.49. The third-order valence-corrected chi connectivity index (χ3v) is 6.69. The lowest BCUT2D eigenvalue weighted by atomic mass is 9.92. The van der Waals surface area contributed by atoms with Crippen molar-refractivity contribution in [1.82, 2.24) is 15.2 Å². The summed E-state index contributed by atoms with van der Waals surface area (Å²) in [6.07, 6.45) is 2.09. The number of hydrogen-bond donors (Lipinski definition) is 2. The molecule has 3 aromatic rings. The Bertz CT molecular complexity index is 1240.